The Bertz CT molecular complexity index is 1730. The van der Waals surface area contributed by atoms with E-state index >= 15 is 0 Å². The topological polar surface area (TPSA) is 102 Å². The number of nitrogens with zero attached hydrogens (tertiary/aromatic N) is 2. The van der Waals surface area contributed by atoms with Gasteiger partial charge in [-0.05, 0) is 42.3 Å². The molecule has 1 atom stereocenters. The maximum atomic E-state index is 12.9. The lowest BCUT2D eigenvalue weighted by atomic mass is 10.0. The molecule has 4 aromatic carbocycles. The third-order valence-corrected chi connectivity index (χ3v) is 7.72. The van der Waals surface area contributed by atoms with Gasteiger partial charge in [-0.3, -0.25) is 9.36 Å². The Balaban J connectivity index is 1.27. The van der Waals surface area contributed by atoms with E-state index in [2.05, 4.69) is 5.16 Å². The van der Waals surface area contributed by atoms with Crippen LogP contribution in [0.4, 0.5) is 0 Å². The molecule has 0 fully saturated rings. The highest BCUT2D eigenvalue weighted by atomic mass is 32.1. The van der Waals surface area contributed by atoms with Gasteiger partial charge < -0.3 is 24.2 Å². The lowest BCUT2D eigenvalue weighted by molar-refractivity contribution is -0.316. The second-order valence-electron chi connectivity index (χ2n) is 9.73. The fourth-order valence-electron chi connectivity index (χ4n) is 4.64. The lowest BCUT2D eigenvalue weighted by Gasteiger charge is -2.18. The summed E-state index contributed by atoms with van der Waals surface area (Å²) in [5, 5.41) is 15.7. The fourth-order valence-corrected chi connectivity index (χ4v) is 5.60. The summed E-state index contributed by atoms with van der Waals surface area (Å²) in [5.74, 6) is -0.609. The smallest absolute Gasteiger partial charge is 0.308 e. The molecule has 1 unspecified atom stereocenters. The molecule has 1 heterocycles. The molecular formula is C34H31N2O6S-. The zero-order valence-electron chi connectivity index (χ0n) is 23.7. The van der Waals surface area contributed by atoms with Crippen molar-refractivity contribution < 1.29 is 24.2 Å². The quantitative estimate of drug-likeness (QED) is 0.135. The molecule has 5 rings (SSSR count). The first-order chi connectivity index (χ1) is 21.0. The molecule has 0 amide bonds. The van der Waals surface area contributed by atoms with Gasteiger partial charge in [-0.2, -0.15) is 0 Å². The van der Waals surface area contributed by atoms with E-state index in [1.807, 2.05) is 78.9 Å². The van der Waals surface area contributed by atoms with E-state index in [-0.39, 0.29) is 17.9 Å². The van der Waals surface area contributed by atoms with Crippen LogP contribution in [0.15, 0.2) is 113 Å². The summed E-state index contributed by atoms with van der Waals surface area (Å²) in [5.41, 5.74) is 5.09. The fraction of sp³-hybridized carbons (Fsp3) is 0.206. The van der Waals surface area contributed by atoms with Crippen molar-refractivity contribution in [3.63, 3.8) is 0 Å². The zero-order chi connectivity index (χ0) is 30.0. The molecule has 0 aliphatic heterocycles. The van der Waals surface area contributed by atoms with Crippen LogP contribution in [0.2, 0.25) is 0 Å². The summed E-state index contributed by atoms with van der Waals surface area (Å²) in [6.07, 6.45) is -0.780. The highest BCUT2D eigenvalue weighted by Crippen LogP contribution is 2.22. The molecule has 0 saturated carbocycles. The number of carbonyl (C=O) groups excluding carboxylic acids is 1. The third kappa shape index (κ3) is 7.77. The summed E-state index contributed by atoms with van der Waals surface area (Å²) in [6, 6.07) is 32.7. The summed E-state index contributed by atoms with van der Waals surface area (Å²) in [4.78, 5) is 29.8. The number of hydrogen-bond acceptors (Lipinski definition) is 8. The lowest BCUT2D eigenvalue weighted by Crippen LogP contribution is -2.39. The number of benzene rings is 4. The molecule has 1 aromatic heterocycles. The number of aromatic nitrogens is 1. The van der Waals surface area contributed by atoms with Gasteiger partial charge in [-0.25, -0.2) is 0 Å². The van der Waals surface area contributed by atoms with Crippen molar-refractivity contribution in [2.75, 3.05) is 13.2 Å². The highest BCUT2D eigenvalue weighted by molar-refractivity contribution is 7.16. The molecule has 0 saturated heterocycles. The minimum absolute atomic E-state index is 0.0751. The van der Waals surface area contributed by atoms with Crippen molar-refractivity contribution in [1.29, 1.82) is 0 Å². The minimum Gasteiger partial charge on any atom is -0.547 e. The number of rotatable bonds is 14. The zero-order valence-corrected chi connectivity index (χ0v) is 24.5. The number of carbonyl (C=O) groups is 1. The van der Waals surface area contributed by atoms with Gasteiger partial charge in [0.1, 0.15) is 30.8 Å². The molecule has 8 nitrogen and oxygen atoms in total. The Morgan fingerprint density at radius 1 is 0.907 bits per heavy atom. The van der Waals surface area contributed by atoms with Crippen LogP contribution < -0.4 is 14.7 Å². The van der Waals surface area contributed by atoms with Crippen molar-refractivity contribution in [2.24, 2.45) is 5.16 Å². The standard InChI is InChI=1S/C34H32N2O6S/c1-2-40-30(33(37)38)21-24-13-16-28(17-14-24)41-20-19-36-29-18-15-27(22-31(29)43-34(36)39)32(26-11-7-4-8-12-26)35-42-23-25-9-5-3-6-10-25/h3-18,22,30H,2,19-21,23H2,1H3,(H,37,38)/p-1/b35-32+. The van der Waals surface area contributed by atoms with E-state index in [1.54, 1.807) is 35.8 Å². The van der Waals surface area contributed by atoms with Gasteiger partial charge in [0.15, 0.2) is 0 Å². The van der Waals surface area contributed by atoms with Gasteiger partial charge in [-0.15, -0.1) is 0 Å². The van der Waals surface area contributed by atoms with E-state index in [4.69, 9.17) is 14.3 Å². The Kier molecular flexibility index (Phi) is 9.99. The first-order valence-electron chi connectivity index (χ1n) is 14.0. The van der Waals surface area contributed by atoms with Crippen LogP contribution in [-0.2, 0) is 33.9 Å². The van der Waals surface area contributed by atoms with Crippen LogP contribution in [0, 0.1) is 0 Å². The van der Waals surface area contributed by atoms with Gasteiger partial charge in [0.25, 0.3) is 0 Å². The van der Waals surface area contributed by atoms with Gasteiger partial charge in [0.2, 0.25) is 0 Å². The number of fused-ring (bicyclic) bond motifs is 1. The summed E-state index contributed by atoms with van der Waals surface area (Å²) in [7, 11) is 0. The number of hydrogen-bond donors (Lipinski definition) is 0. The van der Waals surface area contributed by atoms with Crippen molar-refractivity contribution in [3.8, 4) is 5.75 Å². The molecule has 9 heteroatoms. The van der Waals surface area contributed by atoms with Crippen molar-refractivity contribution in [1.82, 2.24) is 4.57 Å². The van der Waals surface area contributed by atoms with Gasteiger partial charge in [0.05, 0.1) is 22.7 Å². The second-order valence-corrected chi connectivity index (χ2v) is 10.7. The van der Waals surface area contributed by atoms with Crippen LogP contribution in [0.3, 0.4) is 0 Å². The second kappa shape index (κ2) is 14.4. The number of carboxylic acids is 1. The number of ether oxygens (including phenoxy) is 2. The molecule has 0 spiro atoms. The van der Waals surface area contributed by atoms with Crippen LogP contribution in [0.25, 0.3) is 10.2 Å². The average Bonchev–Trinajstić information content (AvgIpc) is 3.34. The number of oxime groups is 1. The Hall–Kier alpha value is -4.73. The third-order valence-electron chi connectivity index (χ3n) is 6.78. The molecule has 0 aliphatic rings. The summed E-state index contributed by atoms with van der Waals surface area (Å²) >= 11 is 1.18. The monoisotopic (exact) mass is 595 g/mol. The van der Waals surface area contributed by atoms with E-state index in [0.717, 1.165) is 32.5 Å². The molecule has 220 valence electrons. The summed E-state index contributed by atoms with van der Waals surface area (Å²) in [6.45, 7) is 3.05. The number of aliphatic carboxylic acids is 1. The summed E-state index contributed by atoms with van der Waals surface area (Å²) < 4.78 is 13.7. The van der Waals surface area contributed by atoms with Crippen LogP contribution in [0.5, 0.6) is 5.75 Å². The maximum absolute atomic E-state index is 12.9. The molecule has 0 aliphatic carbocycles. The molecular weight excluding hydrogens is 564 g/mol. The Labute approximate surface area is 253 Å². The van der Waals surface area contributed by atoms with E-state index < -0.39 is 12.1 Å². The molecule has 43 heavy (non-hydrogen) atoms. The highest BCUT2D eigenvalue weighted by Gasteiger charge is 2.14. The predicted molar refractivity (Wildman–Crippen MR) is 165 cm³/mol. The van der Waals surface area contributed by atoms with E-state index in [0.29, 0.717) is 31.2 Å². The van der Waals surface area contributed by atoms with Gasteiger partial charge >= 0.3 is 4.87 Å². The van der Waals surface area contributed by atoms with Crippen molar-refractivity contribution in [3.05, 3.63) is 135 Å². The average molecular weight is 596 g/mol. The van der Waals surface area contributed by atoms with E-state index in [1.165, 1.54) is 11.3 Å². The number of thiazole rings is 1. The Morgan fingerprint density at radius 2 is 1.63 bits per heavy atom. The maximum Gasteiger partial charge on any atom is 0.308 e. The van der Waals surface area contributed by atoms with E-state index in [9.17, 15) is 14.7 Å². The molecule has 0 bridgehead atoms. The van der Waals surface area contributed by atoms with Crippen molar-refractivity contribution >= 4 is 33.2 Å². The van der Waals surface area contributed by atoms with Crippen LogP contribution in [0.1, 0.15) is 29.2 Å². The number of carboxylic acid groups (broad SMARTS) is 1. The van der Waals surface area contributed by atoms with Gasteiger partial charge in [-0.1, -0.05) is 95.4 Å². The first-order valence-corrected chi connectivity index (χ1v) is 14.8. The SMILES string of the molecule is CCOC(Cc1ccc(OCCn2c(=O)sc3cc(/C(=N/OCc4ccccc4)c4ccccc4)ccc32)cc1)C(=O)[O-]. The van der Waals surface area contributed by atoms with Crippen molar-refractivity contribution in [2.45, 2.75) is 32.6 Å². The molecule has 0 N–H and O–H groups in total. The molecule has 0 radical (unpaired) electrons. The van der Waals surface area contributed by atoms with Crippen LogP contribution in [-0.4, -0.2) is 35.6 Å². The largest absolute Gasteiger partial charge is 0.547 e. The predicted octanol–water partition coefficient (Wildman–Crippen LogP) is 4.81. The molecule has 5 aromatic rings. The normalized spacial score (nSPS) is 12.3. The minimum atomic E-state index is -1.23. The van der Waals surface area contributed by atoms with Gasteiger partial charge in [0, 0.05) is 24.2 Å². The van der Waals surface area contributed by atoms with Crippen LogP contribution >= 0.6 is 11.3 Å². The Morgan fingerprint density at radius 3 is 2.33 bits per heavy atom. The first kappa shape index (κ1) is 29.8.